The maximum atomic E-state index is 12.4. The number of anilines is 1. The van der Waals surface area contributed by atoms with Crippen LogP contribution in [0.15, 0.2) is 12.4 Å². The third-order valence-corrected chi connectivity index (χ3v) is 4.88. The van der Waals surface area contributed by atoms with Gasteiger partial charge in [0, 0.05) is 45.0 Å². The first-order valence-electron chi connectivity index (χ1n) is 8.94. The number of nitrogens with one attached hydrogen (secondary N) is 1. The molecule has 0 aromatic carbocycles. The first-order valence-corrected chi connectivity index (χ1v) is 8.94. The predicted octanol–water partition coefficient (Wildman–Crippen LogP) is 2.63. The summed E-state index contributed by atoms with van der Waals surface area (Å²) in [6.45, 7) is 8.84. The molecular weight excluding hydrogens is 290 g/mol. The number of carbonyl (C=O) groups excluding carboxylic acids is 1. The highest BCUT2D eigenvalue weighted by Gasteiger charge is 2.27. The van der Waals surface area contributed by atoms with Gasteiger partial charge in [-0.05, 0) is 18.8 Å². The molecule has 1 N–H and O–H groups in total. The predicted molar refractivity (Wildman–Crippen MR) is 91.5 cm³/mol. The van der Waals surface area contributed by atoms with E-state index in [4.69, 9.17) is 0 Å². The minimum Gasteiger partial charge on any atom is -0.322 e. The maximum Gasteiger partial charge on any atom is 0.322 e. The summed E-state index contributed by atoms with van der Waals surface area (Å²) < 4.78 is 1.89. The number of rotatable bonds is 4. The number of hydrogen-bond acceptors (Lipinski definition) is 3. The first-order chi connectivity index (χ1) is 11.1. The Balaban J connectivity index is 1.46. The van der Waals surface area contributed by atoms with Crippen molar-refractivity contribution in [3.05, 3.63) is 12.4 Å². The highest BCUT2D eigenvalue weighted by atomic mass is 16.2. The van der Waals surface area contributed by atoms with Crippen molar-refractivity contribution in [2.75, 3.05) is 31.5 Å². The number of amides is 2. The van der Waals surface area contributed by atoms with E-state index in [0.29, 0.717) is 5.92 Å². The molecule has 2 aliphatic rings. The van der Waals surface area contributed by atoms with Crippen LogP contribution in [0.25, 0.3) is 0 Å². The summed E-state index contributed by atoms with van der Waals surface area (Å²) in [5, 5.41) is 7.27. The molecule has 23 heavy (non-hydrogen) atoms. The number of aromatic nitrogens is 2. The third kappa shape index (κ3) is 4.25. The molecule has 3 rings (SSSR count). The molecule has 0 radical (unpaired) electrons. The summed E-state index contributed by atoms with van der Waals surface area (Å²) >= 11 is 0. The summed E-state index contributed by atoms with van der Waals surface area (Å²) in [6, 6.07) is 0.759. The topological polar surface area (TPSA) is 53.4 Å². The zero-order valence-electron chi connectivity index (χ0n) is 14.4. The zero-order chi connectivity index (χ0) is 16.2. The summed E-state index contributed by atoms with van der Waals surface area (Å²) in [7, 11) is 0. The van der Waals surface area contributed by atoms with E-state index >= 15 is 0 Å². The molecule has 1 aliphatic carbocycles. The Morgan fingerprint density at radius 1 is 1.26 bits per heavy atom. The molecule has 0 unspecified atom stereocenters. The Hall–Kier alpha value is -1.56. The van der Waals surface area contributed by atoms with Gasteiger partial charge in [0.05, 0.1) is 11.9 Å². The number of nitrogens with zero attached hydrogens (tertiary/aromatic N) is 4. The largest absolute Gasteiger partial charge is 0.322 e. The molecular formula is C17H29N5O. The van der Waals surface area contributed by atoms with Gasteiger partial charge in [-0.1, -0.05) is 26.7 Å². The molecule has 128 valence electrons. The van der Waals surface area contributed by atoms with Crippen molar-refractivity contribution in [3.8, 4) is 0 Å². The number of hydrogen-bond donors (Lipinski definition) is 1. The zero-order valence-corrected chi connectivity index (χ0v) is 14.4. The normalized spacial score (nSPS) is 20.4. The van der Waals surface area contributed by atoms with E-state index in [0.717, 1.165) is 44.5 Å². The van der Waals surface area contributed by atoms with Crippen LogP contribution < -0.4 is 5.32 Å². The first kappa shape index (κ1) is 16.3. The monoisotopic (exact) mass is 319 g/mol. The summed E-state index contributed by atoms with van der Waals surface area (Å²) in [4.78, 5) is 16.9. The van der Waals surface area contributed by atoms with Crippen LogP contribution in [0.2, 0.25) is 0 Å². The van der Waals surface area contributed by atoms with Crippen molar-refractivity contribution < 1.29 is 4.79 Å². The Morgan fingerprint density at radius 2 is 1.96 bits per heavy atom. The van der Waals surface area contributed by atoms with Crippen LogP contribution >= 0.6 is 0 Å². The van der Waals surface area contributed by atoms with E-state index in [1.165, 1.54) is 25.7 Å². The molecule has 1 aliphatic heterocycles. The van der Waals surface area contributed by atoms with Crippen molar-refractivity contribution in [3.63, 3.8) is 0 Å². The molecule has 1 aromatic heterocycles. The lowest BCUT2D eigenvalue weighted by Crippen LogP contribution is -2.52. The average Bonchev–Trinajstić information content (AvgIpc) is 3.19. The number of urea groups is 1. The second kappa shape index (κ2) is 7.34. The van der Waals surface area contributed by atoms with Crippen molar-refractivity contribution in [1.82, 2.24) is 19.6 Å². The van der Waals surface area contributed by atoms with Crippen LogP contribution in [0.1, 0.15) is 39.5 Å². The van der Waals surface area contributed by atoms with Crippen molar-refractivity contribution in [1.29, 1.82) is 0 Å². The fourth-order valence-corrected chi connectivity index (χ4v) is 3.66. The van der Waals surface area contributed by atoms with Gasteiger partial charge in [0.1, 0.15) is 0 Å². The molecule has 1 saturated carbocycles. The van der Waals surface area contributed by atoms with E-state index in [1.807, 2.05) is 15.8 Å². The fourth-order valence-electron chi connectivity index (χ4n) is 3.66. The standard InChI is InChI=1S/C17H29N5O/c1-14(2)12-22-13-15(11-18-22)19-17(23)21-9-7-20(8-10-21)16-5-3-4-6-16/h11,13-14,16H,3-10,12H2,1-2H3,(H,19,23). The number of carbonyl (C=O) groups is 1. The van der Waals surface area contributed by atoms with Gasteiger partial charge in [0.25, 0.3) is 0 Å². The van der Waals surface area contributed by atoms with E-state index < -0.39 is 0 Å². The van der Waals surface area contributed by atoms with Crippen LogP contribution in [0.3, 0.4) is 0 Å². The molecule has 2 heterocycles. The summed E-state index contributed by atoms with van der Waals surface area (Å²) in [5.41, 5.74) is 0.786. The van der Waals surface area contributed by atoms with Gasteiger partial charge >= 0.3 is 6.03 Å². The molecule has 2 fully saturated rings. The van der Waals surface area contributed by atoms with Crippen molar-refractivity contribution in [2.24, 2.45) is 5.92 Å². The van der Waals surface area contributed by atoms with Gasteiger partial charge in [-0.15, -0.1) is 0 Å². The summed E-state index contributed by atoms with van der Waals surface area (Å²) in [5.74, 6) is 0.544. The smallest absolute Gasteiger partial charge is 0.322 e. The van der Waals surface area contributed by atoms with Gasteiger partial charge in [0.15, 0.2) is 0 Å². The molecule has 0 spiro atoms. The van der Waals surface area contributed by atoms with E-state index in [1.54, 1.807) is 6.20 Å². The second-order valence-electron chi connectivity index (χ2n) is 7.24. The van der Waals surface area contributed by atoms with Crippen LogP contribution in [-0.2, 0) is 6.54 Å². The third-order valence-electron chi connectivity index (χ3n) is 4.88. The van der Waals surface area contributed by atoms with Crippen molar-refractivity contribution >= 4 is 11.7 Å². The van der Waals surface area contributed by atoms with E-state index in [-0.39, 0.29) is 6.03 Å². The molecule has 6 heteroatoms. The van der Waals surface area contributed by atoms with E-state index in [9.17, 15) is 4.79 Å². The highest BCUT2D eigenvalue weighted by Crippen LogP contribution is 2.24. The van der Waals surface area contributed by atoms with Gasteiger partial charge in [-0.2, -0.15) is 5.10 Å². The Kier molecular flexibility index (Phi) is 5.20. The van der Waals surface area contributed by atoms with Gasteiger partial charge in [-0.25, -0.2) is 4.79 Å². The molecule has 6 nitrogen and oxygen atoms in total. The molecule has 0 bridgehead atoms. The molecule has 1 saturated heterocycles. The average molecular weight is 319 g/mol. The van der Waals surface area contributed by atoms with Crippen LogP contribution in [0.5, 0.6) is 0 Å². The minimum atomic E-state index is 0.000156. The molecule has 2 amide bonds. The van der Waals surface area contributed by atoms with Crippen LogP contribution in [-0.4, -0.2) is 57.8 Å². The van der Waals surface area contributed by atoms with Gasteiger partial charge < -0.3 is 10.2 Å². The maximum absolute atomic E-state index is 12.4. The Labute approximate surface area is 138 Å². The lowest BCUT2D eigenvalue weighted by atomic mass is 10.2. The highest BCUT2D eigenvalue weighted by molar-refractivity contribution is 5.89. The summed E-state index contributed by atoms with van der Waals surface area (Å²) in [6.07, 6.45) is 9.04. The number of piperazine rings is 1. The Morgan fingerprint density at radius 3 is 2.61 bits per heavy atom. The van der Waals surface area contributed by atoms with Crippen molar-refractivity contribution in [2.45, 2.75) is 52.1 Å². The fraction of sp³-hybridized carbons (Fsp3) is 0.765. The van der Waals surface area contributed by atoms with Crippen LogP contribution in [0, 0.1) is 5.92 Å². The Bertz CT molecular complexity index is 513. The van der Waals surface area contributed by atoms with E-state index in [2.05, 4.69) is 29.2 Å². The molecule has 0 atom stereocenters. The SMILES string of the molecule is CC(C)Cn1cc(NC(=O)N2CCN(C3CCCC3)CC2)cn1. The van der Waals surface area contributed by atoms with Crippen LogP contribution in [0.4, 0.5) is 10.5 Å². The molecule has 1 aromatic rings. The minimum absolute atomic E-state index is 0.000156. The second-order valence-corrected chi connectivity index (χ2v) is 7.24. The van der Waals surface area contributed by atoms with Gasteiger partial charge in [-0.3, -0.25) is 9.58 Å². The lowest BCUT2D eigenvalue weighted by molar-refractivity contribution is 0.115. The lowest BCUT2D eigenvalue weighted by Gasteiger charge is -2.37. The quantitative estimate of drug-likeness (QED) is 0.928. The van der Waals surface area contributed by atoms with Gasteiger partial charge in [0.2, 0.25) is 0 Å².